The molecule has 0 atom stereocenters. The maximum atomic E-state index is 12.4. The van der Waals surface area contributed by atoms with Gasteiger partial charge in [0.1, 0.15) is 5.75 Å². The van der Waals surface area contributed by atoms with Crippen molar-refractivity contribution in [2.45, 2.75) is 6.54 Å². The van der Waals surface area contributed by atoms with Crippen LogP contribution in [-0.2, 0) is 6.54 Å². The summed E-state index contributed by atoms with van der Waals surface area (Å²) >= 11 is 6.22. The summed E-state index contributed by atoms with van der Waals surface area (Å²) < 4.78 is 5.12. The fourth-order valence-corrected chi connectivity index (χ4v) is 3.05. The van der Waals surface area contributed by atoms with Gasteiger partial charge < -0.3 is 15.0 Å². The average molecular weight is 360 g/mol. The summed E-state index contributed by atoms with van der Waals surface area (Å²) in [7, 11) is 1.62. The molecule has 0 saturated carbocycles. The summed E-state index contributed by atoms with van der Waals surface area (Å²) in [5.74, 6) is 0.770. The van der Waals surface area contributed by atoms with Gasteiger partial charge in [-0.2, -0.15) is 0 Å². The molecule has 25 heavy (non-hydrogen) atoms. The molecule has 1 saturated heterocycles. The van der Waals surface area contributed by atoms with Crippen molar-refractivity contribution in [3.63, 3.8) is 0 Å². The van der Waals surface area contributed by atoms with Gasteiger partial charge in [-0.05, 0) is 35.9 Å². The number of piperazine rings is 1. The quantitative estimate of drug-likeness (QED) is 0.905. The number of carbonyl (C=O) groups excluding carboxylic acids is 1. The molecule has 0 unspecified atom stereocenters. The summed E-state index contributed by atoms with van der Waals surface area (Å²) in [6.45, 7) is 3.88. The molecule has 0 aliphatic carbocycles. The predicted molar refractivity (Wildman–Crippen MR) is 100 cm³/mol. The first-order valence-electron chi connectivity index (χ1n) is 8.31. The molecule has 6 heteroatoms. The molecule has 5 nitrogen and oxygen atoms in total. The lowest BCUT2D eigenvalue weighted by Crippen LogP contribution is -2.49. The molecule has 1 aliphatic heterocycles. The molecule has 132 valence electrons. The van der Waals surface area contributed by atoms with Crippen molar-refractivity contribution < 1.29 is 9.53 Å². The van der Waals surface area contributed by atoms with Crippen LogP contribution in [0.25, 0.3) is 0 Å². The van der Waals surface area contributed by atoms with Gasteiger partial charge in [-0.1, -0.05) is 29.8 Å². The highest BCUT2D eigenvalue weighted by Gasteiger charge is 2.21. The first-order valence-corrected chi connectivity index (χ1v) is 8.69. The number of rotatable bonds is 4. The average Bonchev–Trinajstić information content (AvgIpc) is 2.65. The second-order valence-corrected chi connectivity index (χ2v) is 6.42. The van der Waals surface area contributed by atoms with Crippen molar-refractivity contribution in [1.29, 1.82) is 0 Å². The van der Waals surface area contributed by atoms with Crippen LogP contribution in [0.3, 0.4) is 0 Å². The molecule has 0 radical (unpaired) electrons. The van der Waals surface area contributed by atoms with Crippen LogP contribution in [-0.4, -0.2) is 49.1 Å². The zero-order valence-corrected chi connectivity index (χ0v) is 15.0. The van der Waals surface area contributed by atoms with Gasteiger partial charge in [0, 0.05) is 43.4 Å². The number of nitrogens with zero attached hydrogens (tertiary/aromatic N) is 2. The second kappa shape index (κ2) is 8.23. The van der Waals surface area contributed by atoms with Crippen LogP contribution < -0.4 is 10.1 Å². The number of ether oxygens (including phenoxy) is 1. The monoisotopic (exact) mass is 359 g/mol. The molecule has 1 fully saturated rings. The minimum atomic E-state index is -0.0671. The highest BCUT2D eigenvalue weighted by atomic mass is 35.5. The third-order valence-corrected chi connectivity index (χ3v) is 4.72. The molecule has 3 rings (SSSR count). The van der Waals surface area contributed by atoms with Gasteiger partial charge in [-0.3, -0.25) is 4.90 Å². The van der Waals surface area contributed by atoms with E-state index in [-0.39, 0.29) is 6.03 Å². The maximum Gasteiger partial charge on any atom is 0.321 e. The lowest BCUT2D eigenvalue weighted by Gasteiger charge is -2.34. The number of methoxy groups -OCH3 is 1. The van der Waals surface area contributed by atoms with Crippen molar-refractivity contribution in [3.05, 3.63) is 59.1 Å². The first kappa shape index (κ1) is 17.6. The summed E-state index contributed by atoms with van der Waals surface area (Å²) in [4.78, 5) is 16.5. The lowest BCUT2D eigenvalue weighted by molar-refractivity contribution is 0.143. The molecule has 1 heterocycles. The van der Waals surface area contributed by atoms with Gasteiger partial charge in [0.05, 0.1) is 7.11 Å². The van der Waals surface area contributed by atoms with Gasteiger partial charge in [-0.25, -0.2) is 4.79 Å². The number of anilines is 1. The van der Waals surface area contributed by atoms with E-state index >= 15 is 0 Å². The van der Waals surface area contributed by atoms with Crippen molar-refractivity contribution in [3.8, 4) is 5.75 Å². The zero-order chi connectivity index (χ0) is 17.6. The van der Waals surface area contributed by atoms with E-state index in [0.717, 1.165) is 41.7 Å². The molecule has 2 aromatic rings. The number of halogens is 1. The Hall–Kier alpha value is -2.24. The Morgan fingerprint density at radius 1 is 1.08 bits per heavy atom. The van der Waals surface area contributed by atoms with E-state index in [1.54, 1.807) is 7.11 Å². The molecule has 2 aromatic carbocycles. The third-order valence-electron chi connectivity index (χ3n) is 4.35. The Morgan fingerprint density at radius 2 is 1.76 bits per heavy atom. The van der Waals surface area contributed by atoms with Gasteiger partial charge in [-0.15, -0.1) is 0 Å². The molecular weight excluding hydrogens is 338 g/mol. The first-order chi connectivity index (χ1) is 12.2. The number of benzene rings is 2. The largest absolute Gasteiger partial charge is 0.497 e. The van der Waals surface area contributed by atoms with E-state index in [9.17, 15) is 4.79 Å². The van der Waals surface area contributed by atoms with Gasteiger partial charge in [0.15, 0.2) is 0 Å². The molecule has 0 bridgehead atoms. The number of urea groups is 1. The fourth-order valence-electron chi connectivity index (χ4n) is 2.85. The minimum absolute atomic E-state index is 0.0671. The Morgan fingerprint density at radius 3 is 2.40 bits per heavy atom. The van der Waals surface area contributed by atoms with E-state index < -0.39 is 0 Å². The normalized spacial score (nSPS) is 15.0. The summed E-state index contributed by atoms with van der Waals surface area (Å²) in [5, 5.41) is 3.72. The zero-order valence-electron chi connectivity index (χ0n) is 14.2. The Balaban J connectivity index is 1.49. The maximum absolute atomic E-state index is 12.4. The van der Waals surface area contributed by atoms with E-state index in [0.29, 0.717) is 13.1 Å². The molecule has 1 aliphatic rings. The van der Waals surface area contributed by atoms with Gasteiger partial charge in [0.25, 0.3) is 0 Å². The summed E-state index contributed by atoms with van der Waals surface area (Å²) in [6, 6.07) is 15.2. The van der Waals surface area contributed by atoms with Crippen LogP contribution >= 0.6 is 11.6 Å². The van der Waals surface area contributed by atoms with Crippen molar-refractivity contribution >= 4 is 23.3 Å². The highest BCUT2D eigenvalue weighted by Crippen LogP contribution is 2.19. The molecule has 1 N–H and O–H groups in total. The Labute approximate surface area is 153 Å². The summed E-state index contributed by atoms with van der Waals surface area (Å²) in [5.41, 5.74) is 1.89. The van der Waals surface area contributed by atoms with Gasteiger partial charge >= 0.3 is 6.03 Å². The number of nitrogens with one attached hydrogen (secondary N) is 1. The molecular formula is C19H22ClN3O2. The summed E-state index contributed by atoms with van der Waals surface area (Å²) in [6.07, 6.45) is 0. The second-order valence-electron chi connectivity index (χ2n) is 6.01. The lowest BCUT2D eigenvalue weighted by atomic mass is 10.2. The smallest absolute Gasteiger partial charge is 0.321 e. The van der Waals surface area contributed by atoms with E-state index in [1.165, 1.54) is 0 Å². The van der Waals surface area contributed by atoms with Crippen molar-refractivity contribution in [2.75, 3.05) is 38.6 Å². The van der Waals surface area contributed by atoms with Crippen molar-refractivity contribution in [1.82, 2.24) is 9.80 Å². The number of hydrogen-bond acceptors (Lipinski definition) is 3. The van der Waals surface area contributed by atoms with Crippen LogP contribution in [0.5, 0.6) is 5.75 Å². The van der Waals surface area contributed by atoms with E-state index in [1.807, 2.05) is 53.4 Å². The Kier molecular flexibility index (Phi) is 5.79. The fraction of sp³-hybridized carbons (Fsp3) is 0.316. The third kappa shape index (κ3) is 4.65. The number of amides is 2. The van der Waals surface area contributed by atoms with Crippen LogP contribution in [0, 0.1) is 0 Å². The van der Waals surface area contributed by atoms with Crippen LogP contribution in [0.4, 0.5) is 10.5 Å². The topological polar surface area (TPSA) is 44.8 Å². The SMILES string of the molecule is COc1ccc(NC(=O)N2CCN(Cc3ccccc3Cl)CC2)cc1. The number of hydrogen-bond donors (Lipinski definition) is 1. The van der Waals surface area contributed by atoms with E-state index in [2.05, 4.69) is 10.2 Å². The highest BCUT2D eigenvalue weighted by molar-refractivity contribution is 6.31. The van der Waals surface area contributed by atoms with Crippen LogP contribution in [0.2, 0.25) is 5.02 Å². The van der Waals surface area contributed by atoms with E-state index in [4.69, 9.17) is 16.3 Å². The van der Waals surface area contributed by atoms with Crippen LogP contribution in [0.15, 0.2) is 48.5 Å². The molecule has 2 amide bonds. The number of carbonyl (C=O) groups is 1. The molecule has 0 spiro atoms. The standard InChI is InChI=1S/C19H22ClN3O2/c1-25-17-8-6-16(7-9-17)21-19(24)23-12-10-22(11-13-23)14-15-4-2-3-5-18(15)20/h2-9H,10-14H2,1H3,(H,21,24). The van der Waals surface area contributed by atoms with Crippen LogP contribution in [0.1, 0.15) is 5.56 Å². The minimum Gasteiger partial charge on any atom is -0.497 e. The van der Waals surface area contributed by atoms with Crippen molar-refractivity contribution in [2.24, 2.45) is 0 Å². The molecule has 0 aromatic heterocycles. The Bertz CT molecular complexity index is 713. The predicted octanol–water partition coefficient (Wildman–Crippen LogP) is 3.70. The van der Waals surface area contributed by atoms with Gasteiger partial charge in [0.2, 0.25) is 0 Å².